The van der Waals surface area contributed by atoms with Crippen LogP contribution in [0.4, 0.5) is 5.69 Å². The lowest BCUT2D eigenvalue weighted by molar-refractivity contribution is 0.673. The van der Waals surface area contributed by atoms with Crippen molar-refractivity contribution in [1.82, 2.24) is 0 Å². The lowest BCUT2D eigenvalue weighted by Gasteiger charge is -2.24. The van der Waals surface area contributed by atoms with Gasteiger partial charge in [0.25, 0.3) is 0 Å². The summed E-state index contributed by atoms with van der Waals surface area (Å²) in [5.41, 5.74) is 3.24. The fraction of sp³-hybridized carbons (Fsp3) is 0.120. The Morgan fingerprint density at radius 3 is 2.11 bits per heavy atom. The standard InChI is InChI=1S/C25H25NOS/c1-3-25(28(27)23-17-14-20(2)15-18-23)24(26-22-12-8-5-9-13-22)19-16-21-10-6-4-7-11-21/h3-19,24-26H,1H2,2H3/b19-16+/t24-,25+,28-/m0/s1. The summed E-state index contributed by atoms with van der Waals surface area (Å²) in [7, 11) is -1.22. The number of hydrogen-bond acceptors (Lipinski definition) is 2. The van der Waals surface area contributed by atoms with Crippen molar-refractivity contribution in [3.8, 4) is 0 Å². The Kier molecular flexibility index (Phi) is 6.99. The van der Waals surface area contributed by atoms with Crippen LogP contribution in [0.1, 0.15) is 11.1 Å². The fourth-order valence-corrected chi connectivity index (χ4v) is 4.26. The van der Waals surface area contributed by atoms with Gasteiger partial charge in [-0.3, -0.25) is 4.21 Å². The second-order valence-electron chi connectivity index (χ2n) is 6.62. The molecule has 3 heteroatoms. The van der Waals surface area contributed by atoms with Gasteiger partial charge in [-0.05, 0) is 36.8 Å². The molecule has 3 rings (SSSR count). The van der Waals surface area contributed by atoms with Crippen molar-refractivity contribution in [2.45, 2.75) is 23.1 Å². The van der Waals surface area contributed by atoms with Crippen LogP contribution in [0.15, 0.2) is 109 Å². The van der Waals surface area contributed by atoms with Crippen LogP contribution in [-0.2, 0) is 10.8 Å². The van der Waals surface area contributed by atoms with Gasteiger partial charge in [-0.15, -0.1) is 6.58 Å². The summed E-state index contributed by atoms with van der Waals surface area (Å²) in [6.45, 7) is 6.00. The van der Waals surface area contributed by atoms with Crippen molar-refractivity contribution < 1.29 is 4.21 Å². The molecule has 3 aromatic rings. The summed E-state index contributed by atoms with van der Waals surface area (Å²) in [6, 6.07) is 27.8. The average molecular weight is 388 g/mol. The van der Waals surface area contributed by atoms with Gasteiger partial charge in [-0.1, -0.05) is 84.5 Å². The summed E-state index contributed by atoms with van der Waals surface area (Å²) in [6.07, 6.45) is 5.91. The van der Waals surface area contributed by atoms with E-state index in [1.807, 2.05) is 79.7 Å². The largest absolute Gasteiger partial charge is 0.377 e. The van der Waals surface area contributed by atoms with Crippen LogP contribution in [0.3, 0.4) is 0 Å². The van der Waals surface area contributed by atoms with Crippen LogP contribution in [0.2, 0.25) is 0 Å². The molecule has 3 atom stereocenters. The maximum Gasteiger partial charge on any atom is 0.0809 e. The summed E-state index contributed by atoms with van der Waals surface area (Å²) in [5.74, 6) is 0. The molecule has 0 aliphatic rings. The van der Waals surface area contributed by atoms with Crippen LogP contribution in [0.5, 0.6) is 0 Å². The summed E-state index contributed by atoms with van der Waals surface area (Å²) in [4.78, 5) is 0.809. The Hall–Kier alpha value is -2.91. The zero-order chi connectivity index (χ0) is 19.8. The number of nitrogens with one attached hydrogen (secondary N) is 1. The topological polar surface area (TPSA) is 29.1 Å². The first kappa shape index (κ1) is 19.8. The third-order valence-corrected chi connectivity index (χ3v) is 6.21. The Bertz CT molecular complexity index is 933. The number of hydrogen-bond donors (Lipinski definition) is 1. The van der Waals surface area contributed by atoms with E-state index in [9.17, 15) is 4.21 Å². The van der Waals surface area contributed by atoms with Gasteiger partial charge in [0.05, 0.1) is 22.1 Å². The Labute approximate surface area is 170 Å². The summed E-state index contributed by atoms with van der Waals surface area (Å²) >= 11 is 0. The van der Waals surface area contributed by atoms with E-state index in [0.29, 0.717) is 0 Å². The van der Waals surface area contributed by atoms with Gasteiger partial charge in [-0.2, -0.15) is 0 Å². The van der Waals surface area contributed by atoms with Crippen molar-refractivity contribution >= 4 is 22.6 Å². The van der Waals surface area contributed by atoms with E-state index in [4.69, 9.17) is 0 Å². The molecule has 1 N–H and O–H groups in total. The van der Waals surface area contributed by atoms with Crippen LogP contribution < -0.4 is 5.32 Å². The molecule has 0 saturated carbocycles. The van der Waals surface area contributed by atoms with Crippen LogP contribution in [0, 0.1) is 6.92 Å². The predicted octanol–water partition coefficient (Wildman–Crippen LogP) is 5.85. The molecule has 0 spiro atoms. The van der Waals surface area contributed by atoms with E-state index >= 15 is 0 Å². The van der Waals surface area contributed by atoms with Gasteiger partial charge >= 0.3 is 0 Å². The minimum absolute atomic E-state index is 0.165. The van der Waals surface area contributed by atoms with E-state index in [1.54, 1.807) is 6.08 Å². The second kappa shape index (κ2) is 9.86. The molecule has 0 unspecified atom stereocenters. The lowest BCUT2D eigenvalue weighted by atomic mass is 10.1. The first-order valence-electron chi connectivity index (χ1n) is 9.32. The predicted molar refractivity (Wildman–Crippen MR) is 121 cm³/mol. The van der Waals surface area contributed by atoms with Crippen LogP contribution >= 0.6 is 0 Å². The lowest BCUT2D eigenvalue weighted by Crippen LogP contribution is -2.33. The number of aryl methyl sites for hydroxylation is 1. The van der Waals surface area contributed by atoms with Gasteiger partial charge < -0.3 is 5.32 Å². The number of rotatable bonds is 8. The Morgan fingerprint density at radius 1 is 0.893 bits per heavy atom. The molecular weight excluding hydrogens is 362 g/mol. The fourth-order valence-electron chi connectivity index (χ4n) is 2.94. The van der Waals surface area contributed by atoms with Crippen LogP contribution in [-0.4, -0.2) is 15.5 Å². The third kappa shape index (κ3) is 5.30. The van der Waals surface area contributed by atoms with Gasteiger partial charge in [-0.25, -0.2) is 0 Å². The molecule has 0 radical (unpaired) electrons. The maximum atomic E-state index is 13.3. The SMILES string of the molecule is C=C[C@H]([C@H](/C=C/c1ccccc1)Nc1ccccc1)[S@@](=O)c1ccc(C)cc1. The highest BCUT2D eigenvalue weighted by Crippen LogP contribution is 2.20. The molecule has 0 heterocycles. The highest BCUT2D eigenvalue weighted by atomic mass is 32.2. The van der Waals surface area contributed by atoms with Gasteiger partial charge in [0, 0.05) is 10.6 Å². The van der Waals surface area contributed by atoms with Gasteiger partial charge in [0.15, 0.2) is 0 Å². The molecule has 28 heavy (non-hydrogen) atoms. The molecule has 0 aliphatic carbocycles. The van der Waals surface area contributed by atoms with Crippen molar-refractivity contribution in [3.05, 3.63) is 115 Å². The smallest absolute Gasteiger partial charge is 0.0809 e. The molecule has 0 aromatic heterocycles. The van der Waals surface area contributed by atoms with Gasteiger partial charge in [0.1, 0.15) is 0 Å². The molecule has 0 aliphatic heterocycles. The first-order valence-corrected chi connectivity index (χ1v) is 10.5. The third-order valence-electron chi connectivity index (χ3n) is 4.49. The Morgan fingerprint density at radius 2 is 1.50 bits per heavy atom. The van der Waals surface area contributed by atoms with Crippen molar-refractivity contribution in [2.75, 3.05) is 5.32 Å². The van der Waals surface area contributed by atoms with E-state index in [2.05, 4.69) is 36.2 Å². The number of para-hydroxylation sites is 1. The quantitative estimate of drug-likeness (QED) is 0.491. The summed E-state index contributed by atoms with van der Waals surface area (Å²) < 4.78 is 13.3. The molecule has 0 amide bonds. The molecule has 0 bridgehead atoms. The molecule has 142 valence electrons. The van der Waals surface area contributed by atoms with E-state index in [0.717, 1.165) is 21.7 Å². The normalized spacial score (nSPS) is 14.3. The molecule has 2 nitrogen and oxygen atoms in total. The van der Waals surface area contributed by atoms with E-state index in [1.165, 1.54) is 0 Å². The number of anilines is 1. The van der Waals surface area contributed by atoms with Gasteiger partial charge in [0.2, 0.25) is 0 Å². The van der Waals surface area contributed by atoms with Crippen molar-refractivity contribution in [3.63, 3.8) is 0 Å². The first-order chi connectivity index (χ1) is 13.7. The zero-order valence-electron chi connectivity index (χ0n) is 16.0. The molecule has 0 fully saturated rings. The average Bonchev–Trinajstić information content (AvgIpc) is 2.74. The molecular formula is C25H25NOS. The molecule has 0 saturated heterocycles. The van der Waals surface area contributed by atoms with E-state index in [-0.39, 0.29) is 11.3 Å². The summed E-state index contributed by atoms with van der Waals surface area (Å²) in [5, 5.41) is 3.24. The monoisotopic (exact) mass is 387 g/mol. The highest BCUT2D eigenvalue weighted by Gasteiger charge is 2.23. The second-order valence-corrected chi connectivity index (χ2v) is 8.23. The van der Waals surface area contributed by atoms with Crippen molar-refractivity contribution in [2.24, 2.45) is 0 Å². The van der Waals surface area contributed by atoms with Crippen molar-refractivity contribution in [1.29, 1.82) is 0 Å². The highest BCUT2D eigenvalue weighted by molar-refractivity contribution is 7.86. The zero-order valence-corrected chi connectivity index (χ0v) is 16.8. The maximum absolute atomic E-state index is 13.3. The number of benzene rings is 3. The minimum Gasteiger partial charge on any atom is -0.377 e. The Balaban J connectivity index is 1.90. The minimum atomic E-state index is -1.22. The molecule has 3 aromatic carbocycles. The van der Waals surface area contributed by atoms with E-state index < -0.39 is 10.8 Å². The van der Waals surface area contributed by atoms with Crippen LogP contribution in [0.25, 0.3) is 6.08 Å².